The molecule has 0 aliphatic carbocycles. The minimum atomic E-state index is 0.120. The van der Waals surface area contributed by atoms with Gasteiger partial charge in [-0.1, -0.05) is 26.0 Å². The van der Waals surface area contributed by atoms with E-state index in [4.69, 9.17) is 4.74 Å². The van der Waals surface area contributed by atoms with Crippen LogP contribution in [0.25, 0.3) is 6.08 Å². The van der Waals surface area contributed by atoms with Gasteiger partial charge in [0.05, 0.1) is 11.1 Å². The molecule has 1 aliphatic heterocycles. The summed E-state index contributed by atoms with van der Waals surface area (Å²) < 4.78 is 6.76. The van der Waals surface area contributed by atoms with E-state index in [2.05, 4.69) is 54.1 Å². The highest BCUT2D eigenvalue weighted by Crippen LogP contribution is 2.43. The highest BCUT2D eigenvalue weighted by atomic mass is 79.9. The lowest BCUT2D eigenvalue weighted by Gasteiger charge is -2.15. The van der Waals surface area contributed by atoms with Crippen LogP contribution in [0.15, 0.2) is 22.7 Å². The van der Waals surface area contributed by atoms with Gasteiger partial charge in [-0.25, -0.2) is 0 Å². The minimum absolute atomic E-state index is 0.120. The average molecular weight is 267 g/mol. The van der Waals surface area contributed by atoms with Gasteiger partial charge in [-0.2, -0.15) is 0 Å². The molecule has 15 heavy (non-hydrogen) atoms. The van der Waals surface area contributed by atoms with Gasteiger partial charge < -0.3 is 4.74 Å². The first kappa shape index (κ1) is 10.7. The Morgan fingerprint density at radius 3 is 2.80 bits per heavy atom. The molecular weight excluding hydrogens is 252 g/mol. The molecule has 2 rings (SSSR count). The van der Waals surface area contributed by atoms with Crippen molar-refractivity contribution in [3.63, 3.8) is 0 Å². The maximum Gasteiger partial charge on any atom is 0.137 e. The average Bonchev–Trinajstić information content (AvgIpc) is 2.44. The first-order valence-electron chi connectivity index (χ1n) is 5.14. The second kappa shape index (κ2) is 3.67. The third-order valence-electron chi connectivity index (χ3n) is 2.73. The van der Waals surface area contributed by atoms with Gasteiger partial charge in [0.1, 0.15) is 5.75 Å². The molecule has 0 atom stereocenters. The van der Waals surface area contributed by atoms with Crippen LogP contribution in [0.5, 0.6) is 5.75 Å². The van der Waals surface area contributed by atoms with Gasteiger partial charge in [0.2, 0.25) is 0 Å². The van der Waals surface area contributed by atoms with Crippen LogP contribution < -0.4 is 4.74 Å². The van der Waals surface area contributed by atoms with E-state index in [9.17, 15) is 0 Å². The summed E-state index contributed by atoms with van der Waals surface area (Å²) in [6.45, 7) is 7.22. The van der Waals surface area contributed by atoms with Gasteiger partial charge in [-0.15, -0.1) is 0 Å². The second-order valence-electron chi connectivity index (χ2n) is 4.55. The lowest BCUT2D eigenvalue weighted by atomic mass is 9.86. The summed E-state index contributed by atoms with van der Waals surface area (Å²) >= 11 is 3.56. The predicted molar refractivity (Wildman–Crippen MR) is 67.4 cm³/mol. The van der Waals surface area contributed by atoms with Crippen LogP contribution >= 0.6 is 15.9 Å². The Balaban J connectivity index is 2.58. The van der Waals surface area contributed by atoms with Crippen LogP contribution in [-0.4, -0.2) is 6.61 Å². The Morgan fingerprint density at radius 1 is 1.40 bits per heavy atom. The summed E-state index contributed by atoms with van der Waals surface area (Å²) in [5, 5.41) is 0. The molecule has 0 aromatic heterocycles. The van der Waals surface area contributed by atoms with Crippen molar-refractivity contribution >= 4 is 22.0 Å². The zero-order chi connectivity index (χ0) is 11.1. The third kappa shape index (κ3) is 1.83. The highest BCUT2D eigenvalue weighted by Gasteiger charge is 2.33. The maximum absolute atomic E-state index is 5.71. The molecule has 0 bridgehead atoms. The van der Waals surface area contributed by atoms with E-state index in [0.29, 0.717) is 0 Å². The fourth-order valence-electron chi connectivity index (χ4n) is 1.88. The summed E-state index contributed by atoms with van der Waals surface area (Å²) in [6, 6.07) is 4.31. The molecule has 0 saturated heterocycles. The van der Waals surface area contributed by atoms with E-state index in [-0.39, 0.29) is 5.41 Å². The van der Waals surface area contributed by atoms with Crippen LogP contribution in [0.1, 0.15) is 31.9 Å². The molecule has 0 N–H and O–H groups in total. The molecular formula is C13H15BrO. The third-order valence-corrected chi connectivity index (χ3v) is 3.32. The molecule has 0 unspecified atom stereocenters. The second-order valence-corrected chi connectivity index (χ2v) is 5.41. The summed E-state index contributed by atoms with van der Waals surface area (Å²) in [5.41, 5.74) is 2.64. The van der Waals surface area contributed by atoms with Crippen LogP contribution in [0, 0.1) is 0 Å². The molecule has 0 spiro atoms. The molecule has 0 radical (unpaired) electrons. The van der Waals surface area contributed by atoms with Crippen molar-refractivity contribution < 1.29 is 4.74 Å². The number of ether oxygens (including phenoxy) is 1. The van der Waals surface area contributed by atoms with Gasteiger partial charge in [0.25, 0.3) is 0 Å². The smallest absolute Gasteiger partial charge is 0.137 e. The van der Waals surface area contributed by atoms with Crippen molar-refractivity contribution in [2.24, 2.45) is 0 Å². The number of allylic oxidation sites excluding steroid dienone is 1. The lowest BCUT2D eigenvalue weighted by molar-refractivity contribution is 0.290. The summed E-state index contributed by atoms with van der Waals surface area (Å²) in [4.78, 5) is 0. The molecule has 1 aromatic rings. The van der Waals surface area contributed by atoms with E-state index < -0.39 is 0 Å². The summed E-state index contributed by atoms with van der Waals surface area (Å²) in [7, 11) is 0. The fraction of sp³-hybridized carbons (Fsp3) is 0.385. The van der Waals surface area contributed by atoms with Crippen molar-refractivity contribution in [2.75, 3.05) is 6.61 Å². The Morgan fingerprint density at radius 2 is 2.13 bits per heavy atom. The predicted octanol–water partition coefficient (Wildman–Crippen LogP) is 4.15. The molecule has 1 aliphatic rings. The Kier molecular flexibility index (Phi) is 2.63. The zero-order valence-corrected chi connectivity index (χ0v) is 10.9. The lowest BCUT2D eigenvalue weighted by Crippen LogP contribution is -2.18. The number of benzene rings is 1. The zero-order valence-electron chi connectivity index (χ0n) is 9.30. The number of hydrogen-bond acceptors (Lipinski definition) is 1. The normalized spacial score (nSPS) is 17.9. The number of rotatable bonds is 1. The summed E-state index contributed by atoms with van der Waals surface area (Å²) in [5.74, 6) is 1.01. The van der Waals surface area contributed by atoms with Crippen molar-refractivity contribution in [2.45, 2.75) is 26.2 Å². The Bertz CT molecular complexity index is 419. The van der Waals surface area contributed by atoms with E-state index in [1.807, 2.05) is 6.92 Å². The molecule has 0 saturated carbocycles. The SMILES string of the molecule is CC=Cc1cc(Br)c2c(c1)C(C)(C)CO2. The van der Waals surface area contributed by atoms with Gasteiger partial charge in [0, 0.05) is 11.0 Å². The molecule has 1 nitrogen and oxygen atoms in total. The molecule has 2 heteroatoms. The quantitative estimate of drug-likeness (QED) is 0.742. The van der Waals surface area contributed by atoms with Gasteiger partial charge in [0.15, 0.2) is 0 Å². The van der Waals surface area contributed by atoms with Crippen molar-refractivity contribution in [1.29, 1.82) is 0 Å². The first-order chi connectivity index (χ1) is 7.04. The van der Waals surface area contributed by atoms with Gasteiger partial charge >= 0.3 is 0 Å². The molecule has 1 aromatic carbocycles. The van der Waals surface area contributed by atoms with E-state index >= 15 is 0 Å². The van der Waals surface area contributed by atoms with Crippen LogP contribution in [-0.2, 0) is 5.41 Å². The highest BCUT2D eigenvalue weighted by molar-refractivity contribution is 9.10. The molecule has 1 heterocycles. The Labute approximate surface area is 99.3 Å². The Hall–Kier alpha value is -0.760. The van der Waals surface area contributed by atoms with Gasteiger partial charge in [-0.3, -0.25) is 0 Å². The van der Waals surface area contributed by atoms with E-state index in [1.54, 1.807) is 0 Å². The first-order valence-corrected chi connectivity index (χ1v) is 5.93. The van der Waals surface area contributed by atoms with Gasteiger partial charge in [-0.05, 0) is 40.5 Å². The van der Waals surface area contributed by atoms with Crippen LogP contribution in [0.2, 0.25) is 0 Å². The molecule has 0 amide bonds. The van der Waals surface area contributed by atoms with Crippen LogP contribution in [0.3, 0.4) is 0 Å². The number of hydrogen-bond donors (Lipinski definition) is 0. The van der Waals surface area contributed by atoms with Crippen LogP contribution in [0.4, 0.5) is 0 Å². The standard InChI is InChI=1S/C13H15BrO/c1-4-5-9-6-10-12(11(14)7-9)15-8-13(10,2)3/h4-7H,8H2,1-3H3. The van der Waals surface area contributed by atoms with E-state index in [1.165, 1.54) is 11.1 Å². The topological polar surface area (TPSA) is 9.23 Å². The molecule has 0 fully saturated rings. The number of fused-ring (bicyclic) bond motifs is 1. The van der Waals surface area contributed by atoms with E-state index in [0.717, 1.165) is 16.8 Å². The fourth-order valence-corrected chi connectivity index (χ4v) is 2.48. The van der Waals surface area contributed by atoms with Crippen molar-refractivity contribution in [1.82, 2.24) is 0 Å². The largest absolute Gasteiger partial charge is 0.491 e. The van der Waals surface area contributed by atoms with Crippen molar-refractivity contribution in [3.05, 3.63) is 33.8 Å². The minimum Gasteiger partial charge on any atom is -0.491 e. The van der Waals surface area contributed by atoms with Crippen molar-refractivity contribution in [3.8, 4) is 5.75 Å². The molecule has 80 valence electrons. The summed E-state index contributed by atoms with van der Waals surface area (Å²) in [6.07, 6.45) is 4.16. The number of halogens is 1. The maximum atomic E-state index is 5.71. The monoisotopic (exact) mass is 266 g/mol.